The number of carboxylic acid groups (broad SMARTS) is 1. The lowest BCUT2D eigenvalue weighted by Crippen LogP contribution is -2.02. The van der Waals surface area contributed by atoms with Crippen LogP contribution in [0.1, 0.15) is 15.9 Å². The van der Waals surface area contributed by atoms with E-state index in [1.165, 1.54) is 12.3 Å². The average molecular weight is 293 g/mol. The molecule has 5 nitrogen and oxygen atoms in total. The maximum atomic E-state index is 13.0. The number of carboxylic acids is 1. The van der Waals surface area contributed by atoms with Crippen LogP contribution in [0, 0.1) is 17.1 Å². The standard InChI is InChI=1S/C13H6ClFN2O3/c14-11-7(6-16)3-4-17-12(11)20-10-2-1-8(15)5-9(10)13(18)19/h1-5H,(H,18,19). The molecule has 0 aliphatic heterocycles. The van der Waals surface area contributed by atoms with Gasteiger partial charge in [-0.1, -0.05) is 11.6 Å². The summed E-state index contributed by atoms with van der Waals surface area (Å²) in [5, 5.41) is 17.8. The van der Waals surface area contributed by atoms with Gasteiger partial charge in [-0.2, -0.15) is 5.26 Å². The first-order valence-electron chi connectivity index (χ1n) is 5.28. The Bertz CT molecular complexity index is 728. The Morgan fingerprint density at radius 1 is 1.45 bits per heavy atom. The summed E-state index contributed by atoms with van der Waals surface area (Å²) in [6.45, 7) is 0. The smallest absolute Gasteiger partial charge is 0.339 e. The number of aromatic carboxylic acids is 1. The molecule has 2 aromatic rings. The van der Waals surface area contributed by atoms with Crippen molar-refractivity contribution < 1.29 is 19.0 Å². The van der Waals surface area contributed by atoms with Crippen molar-refractivity contribution in [2.24, 2.45) is 0 Å². The number of rotatable bonds is 3. The molecular formula is C13H6ClFN2O3. The van der Waals surface area contributed by atoms with Gasteiger partial charge in [0.1, 0.15) is 28.2 Å². The van der Waals surface area contributed by atoms with E-state index in [-0.39, 0.29) is 27.8 Å². The van der Waals surface area contributed by atoms with Gasteiger partial charge in [0.2, 0.25) is 5.88 Å². The predicted molar refractivity (Wildman–Crippen MR) is 67.4 cm³/mol. The van der Waals surface area contributed by atoms with E-state index in [0.29, 0.717) is 0 Å². The van der Waals surface area contributed by atoms with Crippen molar-refractivity contribution in [2.75, 3.05) is 0 Å². The van der Waals surface area contributed by atoms with Crippen LogP contribution in [0.3, 0.4) is 0 Å². The number of carbonyl (C=O) groups is 1. The summed E-state index contributed by atoms with van der Waals surface area (Å²) in [6, 6.07) is 6.24. The van der Waals surface area contributed by atoms with Crippen molar-refractivity contribution in [2.45, 2.75) is 0 Å². The minimum absolute atomic E-state index is 0.0457. The van der Waals surface area contributed by atoms with Crippen LogP contribution >= 0.6 is 11.6 Å². The molecule has 0 saturated carbocycles. The Kier molecular flexibility index (Phi) is 3.82. The fourth-order valence-corrected chi connectivity index (χ4v) is 1.64. The van der Waals surface area contributed by atoms with Crippen LogP contribution < -0.4 is 4.74 Å². The van der Waals surface area contributed by atoms with Crippen LogP contribution in [0.2, 0.25) is 5.02 Å². The normalized spacial score (nSPS) is 9.85. The second-order valence-electron chi connectivity index (χ2n) is 3.64. The van der Waals surface area contributed by atoms with Crippen LogP contribution in [0.4, 0.5) is 4.39 Å². The number of aromatic nitrogens is 1. The summed E-state index contributed by atoms with van der Waals surface area (Å²) in [4.78, 5) is 14.8. The molecule has 0 radical (unpaired) electrons. The second kappa shape index (κ2) is 5.55. The highest BCUT2D eigenvalue weighted by Crippen LogP contribution is 2.31. The van der Waals surface area contributed by atoms with E-state index in [1.807, 2.05) is 6.07 Å². The van der Waals surface area contributed by atoms with Gasteiger partial charge >= 0.3 is 5.97 Å². The summed E-state index contributed by atoms with van der Waals surface area (Å²) >= 11 is 5.89. The fraction of sp³-hybridized carbons (Fsp3) is 0. The third-order valence-corrected chi connectivity index (χ3v) is 2.72. The summed E-state index contributed by atoms with van der Waals surface area (Å²) in [6.07, 6.45) is 1.30. The van der Waals surface area contributed by atoms with Gasteiger partial charge in [0.25, 0.3) is 0 Å². The number of hydrogen-bond donors (Lipinski definition) is 1. The molecule has 100 valence electrons. The first-order valence-corrected chi connectivity index (χ1v) is 5.66. The quantitative estimate of drug-likeness (QED) is 0.939. The molecule has 0 fully saturated rings. The van der Waals surface area contributed by atoms with Gasteiger partial charge in [0.05, 0.1) is 5.56 Å². The van der Waals surface area contributed by atoms with Crippen LogP contribution in [-0.4, -0.2) is 16.1 Å². The molecule has 0 unspecified atom stereocenters. The molecule has 0 bridgehead atoms. The lowest BCUT2D eigenvalue weighted by atomic mass is 10.2. The molecule has 20 heavy (non-hydrogen) atoms. The zero-order valence-corrected chi connectivity index (χ0v) is 10.6. The largest absolute Gasteiger partial charge is 0.478 e. The van der Waals surface area contributed by atoms with Crippen LogP contribution in [0.15, 0.2) is 30.5 Å². The molecule has 0 saturated heterocycles. The van der Waals surface area contributed by atoms with Crippen molar-refractivity contribution in [3.05, 3.63) is 52.4 Å². The Hall–Kier alpha value is -2.65. The first-order chi connectivity index (χ1) is 9.52. The molecule has 1 heterocycles. The van der Waals surface area contributed by atoms with Crippen LogP contribution in [-0.2, 0) is 0 Å². The zero-order valence-electron chi connectivity index (χ0n) is 9.80. The fourth-order valence-electron chi connectivity index (χ4n) is 1.44. The van der Waals surface area contributed by atoms with E-state index >= 15 is 0 Å². The van der Waals surface area contributed by atoms with Crippen molar-refractivity contribution in [1.29, 1.82) is 5.26 Å². The number of nitriles is 1. The van der Waals surface area contributed by atoms with Crippen LogP contribution in [0.25, 0.3) is 0 Å². The summed E-state index contributed by atoms with van der Waals surface area (Å²) in [5.74, 6) is -2.31. The Labute approximate surface area is 117 Å². The van der Waals surface area contributed by atoms with E-state index in [0.717, 1.165) is 18.2 Å². The number of nitrogens with zero attached hydrogens (tertiary/aromatic N) is 2. The molecule has 0 amide bonds. The Balaban J connectivity index is 2.46. The molecule has 1 aromatic carbocycles. The molecule has 0 aliphatic carbocycles. The van der Waals surface area contributed by atoms with E-state index in [9.17, 15) is 9.18 Å². The lowest BCUT2D eigenvalue weighted by molar-refractivity contribution is 0.0693. The summed E-state index contributed by atoms with van der Waals surface area (Å²) in [5.41, 5.74) is -0.235. The molecule has 0 spiro atoms. The van der Waals surface area contributed by atoms with Gasteiger partial charge < -0.3 is 9.84 Å². The third-order valence-electron chi connectivity index (χ3n) is 2.36. The molecular weight excluding hydrogens is 287 g/mol. The lowest BCUT2D eigenvalue weighted by Gasteiger charge is -2.09. The van der Waals surface area contributed by atoms with Crippen LogP contribution in [0.5, 0.6) is 11.6 Å². The van der Waals surface area contributed by atoms with Crippen molar-refractivity contribution in [1.82, 2.24) is 4.98 Å². The molecule has 2 rings (SSSR count). The predicted octanol–water partition coefficient (Wildman–Crippen LogP) is 3.24. The SMILES string of the molecule is N#Cc1ccnc(Oc2ccc(F)cc2C(=O)O)c1Cl. The molecule has 1 aromatic heterocycles. The minimum Gasteiger partial charge on any atom is -0.478 e. The maximum absolute atomic E-state index is 13.0. The number of halogens is 2. The van der Waals surface area contributed by atoms with E-state index < -0.39 is 11.8 Å². The molecule has 1 N–H and O–H groups in total. The van der Waals surface area contributed by atoms with Gasteiger partial charge in [-0.25, -0.2) is 14.2 Å². The number of hydrogen-bond acceptors (Lipinski definition) is 4. The van der Waals surface area contributed by atoms with Gasteiger partial charge in [-0.3, -0.25) is 0 Å². The second-order valence-corrected chi connectivity index (χ2v) is 4.02. The van der Waals surface area contributed by atoms with Gasteiger partial charge in [0.15, 0.2) is 0 Å². The van der Waals surface area contributed by atoms with Gasteiger partial charge in [-0.15, -0.1) is 0 Å². The van der Waals surface area contributed by atoms with Crippen molar-refractivity contribution in [3.8, 4) is 17.7 Å². The zero-order chi connectivity index (χ0) is 14.7. The van der Waals surface area contributed by atoms with E-state index in [1.54, 1.807) is 0 Å². The average Bonchev–Trinajstić information content (AvgIpc) is 2.42. The molecule has 7 heteroatoms. The van der Waals surface area contributed by atoms with E-state index in [2.05, 4.69) is 4.98 Å². The first kappa shape index (κ1) is 13.8. The topological polar surface area (TPSA) is 83.2 Å². The number of benzene rings is 1. The van der Waals surface area contributed by atoms with Gasteiger partial charge in [-0.05, 0) is 24.3 Å². The van der Waals surface area contributed by atoms with Crippen molar-refractivity contribution in [3.63, 3.8) is 0 Å². The van der Waals surface area contributed by atoms with Gasteiger partial charge in [0, 0.05) is 6.20 Å². The highest BCUT2D eigenvalue weighted by atomic mass is 35.5. The Morgan fingerprint density at radius 3 is 2.85 bits per heavy atom. The maximum Gasteiger partial charge on any atom is 0.339 e. The van der Waals surface area contributed by atoms with Crippen molar-refractivity contribution >= 4 is 17.6 Å². The highest BCUT2D eigenvalue weighted by Gasteiger charge is 2.16. The highest BCUT2D eigenvalue weighted by molar-refractivity contribution is 6.33. The summed E-state index contributed by atoms with van der Waals surface area (Å²) in [7, 11) is 0. The Morgan fingerprint density at radius 2 is 2.20 bits per heavy atom. The van der Waals surface area contributed by atoms with E-state index in [4.69, 9.17) is 26.7 Å². The summed E-state index contributed by atoms with van der Waals surface area (Å²) < 4.78 is 18.3. The molecule has 0 atom stereocenters. The number of pyridine rings is 1. The minimum atomic E-state index is -1.35. The monoisotopic (exact) mass is 292 g/mol. The third kappa shape index (κ3) is 2.68. The number of ether oxygens (including phenoxy) is 1. The molecule has 0 aliphatic rings.